The van der Waals surface area contributed by atoms with Crippen LogP contribution in [0.4, 0.5) is 13.2 Å². The minimum atomic E-state index is -5.05. The van der Waals surface area contributed by atoms with Crippen molar-refractivity contribution in [3.8, 4) is 0 Å². The van der Waals surface area contributed by atoms with E-state index in [0.717, 1.165) is 0 Å². The Morgan fingerprint density at radius 3 is 2.23 bits per heavy atom. The van der Waals surface area contributed by atoms with Crippen LogP contribution in [0, 0.1) is 0 Å². The Labute approximate surface area is 124 Å². The number of alkyl halides is 3. The molecule has 0 aliphatic heterocycles. The van der Waals surface area contributed by atoms with Gasteiger partial charge in [-0.3, -0.25) is 9.59 Å². The SMILES string of the molecule is Cn1cccc1C(=O)[C@H](NC(=O)C(F)(F)F)c1ccccc1. The molecule has 0 aliphatic rings. The molecule has 0 unspecified atom stereocenters. The van der Waals surface area contributed by atoms with Gasteiger partial charge < -0.3 is 9.88 Å². The summed E-state index contributed by atoms with van der Waals surface area (Å²) < 4.78 is 38.9. The quantitative estimate of drug-likeness (QED) is 0.883. The molecule has 1 N–H and O–H groups in total. The number of carbonyl (C=O) groups is 2. The lowest BCUT2D eigenvalue weighted by molar-refractivity contribution is -0.174. The van der Waals surface area contributed by atoms with Crippen LogP contribution in [0.15, 0.2) is 48.7 Å². The van der Waals surface area contributed by atoms with Crippen molar-refractivity contribution >= 4 is 11.7 Å². The summed E-state index contributed by atoms with van der Waals surface area (Å²) in [6, 6.07) is 9.49. The molecule has 0 radical (unpaired) electrons. The standard InChI is InChI=1S/C15H13F3N2O2/c1-20-9-5-8-11(20)13(21)12(10-6-3-2-4-7-10)19-14(22)15(16,17)18/h2-9,12H,1H3,(H,19,22)/t12-/m1/s1. The molecular weight excluding hydrogens is 297 g/mol. The van der Waals surface area contributed by atoms with Gasteiger partial charge in [0.25, 0.3) is 0 Å². The summed E-state index contributed by atoms with van der Waals surface area (Å²) >= 11 is 0. The Balaban J connectivity index is 2.36. The van der Waals surface area contributed by atoms with Gasteiger partial charge in [-0.2, -0.15) is 13.2 Å². The van der Waals surface area contributed by atoms with Gasteiger partial charge in [-0.15, -0.1) is 0 Å². The number of carbonyl (C=O) groups excluding carboxylic acids is 2. The van der Waals surface area contributed by atoms with Crippen molar-refractivity contribution in [1.82, 2.24) is 9.88 Å². The molecule has 1 aromatic carbocycles. The average molecular weight is 310 g/mol. The summed E-state index contributed by atoms with van der Waals surface area (Å²) in [6.45, 7) is 0. The maximum Gasteiger partial charge on any atom is 0.471 e. The van der Waals surface area contributed by atoms with Crippen molar-refractivity contribution < 1.29 is 22.8 Å². The van der Waals surface area contributed by atoms with Gasteiger partial charge in [0.15, 0.2) is 0 Å². The molecule has 0 aliphatic carbocycles. The van der Waals surface area contributed by atoms with Crippen LogP contribution in [-0.2, 0) is 11.8 Å². The monoisotopic (exact) mass is 310 g/mol. The fourth-order valence-corrected chi connectivity index (χ4v) is 2.02. The minimum Gasteiger partial charge on any atom is -0.348 e. The first-order valence-electron chi connectivity index (χ1n) is 6.39. The molecule has 116 valence electrons. The second-order valence-electron chi connectivity index (χ2n) is 4.68. The number of rotatable bonds is 4. The summed E-state index contributed by atoms with van der Waals surface area (Å²) in [5, 5.41) is 1.76. The van der Waals surface area contributed by atoms with Crippen LogP contribution in [0.5, 0.6) is 0 Å². The van der Waals surface area contributed by atoms with E-state index >= 15 is 0 Å². The highest BCUT2D eigenvalue weighted by molar-refractivity contribution is 6.01. The second-order valence-corrected chi connectivity index (χ2v) is 4.68. The first kappa shape index (κ1) is 15.8. The van der Waals surface area contributed by atoms with Crippen molar-refractivity contribution in [3.63, 3.8) is 0 Å². The molecule has 1 atom stereocenters. The number of Topliss-reactive ketones (excluding diaryl/α,β-unsaturated/α-hetero) is 1. The number of halogens is 3. The topological polar surface area (TPSA) is 51.1 Å². The Morgan fingerprint density at radius 1 is 1.09 bits per heavy atom. The predicted molar refractivity (Wildman–Crippen MR) is 73.1 cm³/mol. The summed E-state index contributed by atoms with van der Waals surface area (Å²) in [5.41, 5.74) is 0.489. The number of ketones is 1. The van der Waals surface area contributed by atoms with E-state index in [-0.39, 0.29) is 11.3 Å². The van der Waals surface area contributed by atoms with Gasteiger partial charge in [0.1, 0.15) is 6.04 Å². The number of nitrogens with one attached hydrogen (secondary N) is 1. The third-order valence-electron chi connectivity index (χ3n) is 3.12. The number of benzene rings is 1. The lowest BCUT2D eigenvalue weighted by Crippen LogP contribution is -2.42. The molecule has 1 amide bonds. The molecule has 0 saturated heterocycles. The van der Waals surface area contributed by atoms with Crippen LogP contribution >= 0.6 is 0 Å². The zero-order chi connectivity index (χ0) is 16.3. The summed E-state index contributed by atoms with van der Waals surface area (Å²) in [7, 11) is 1.60. The molecule has 0 fully saturated rings. The number of hydrogen-bond donors (Lipinski definition) is 1. The number of hydrogen-bond acceptors (Lipinski definition) is 2. The van der Waals surface area contributed by atoms with Crippen LogP contribution in [-0.4, -0.2) is 22.4 Å². The molecule has 4 nitrogen and oxygen atoms in total. The van der Waals surface area contributed by atoms with Gasteiger partial charge in [0, 0.05) is 13.2 Å². The molecule has 22 heavy (non-hydrogen) atoms. The Morgan fingerprint density at radius 2 is 1.73 bits per heavy atom. The van der Waals surface area contributed by atoms with Crippen LogP contribution < -0.4 is 5.32 Å². The number of aromatic nitrogens is 1. The fourth-order valence-electron chi connectivity index (χ4n) is 2.02. The lowest BCUT2D eigenvalue weighted by atomic mass is 10.0. The molecule has 0 saturated carbocycles. The van der Waals surface area contributed by atoms with E-state index in [1.807, 2.05) is 0 Å². The third kappa shape index (κ3) is 3.36. The van der Waals surface area contributed by atoms with Gasteiger partial charge in [-0.05, 0) is 17.7 Å². The zero-order valence-electron chi connectivity index (χ0n) is 11.6. The van der Waals surface area contributed by atoms with E-state index in [4.69, 9.17) is 0 Å². The molecule has 7 heteroatoms. The highest BCUT2D eigenvalue weighted by atomic mass is 19.4. The highest BCUT2D eigenvalue weighted by Gasteiger charge is 2.41. The first-order valence-corrected chi connectivity index (χ1v) is 6.39. The molecular formula is C15H13F3N2O2. The van der Waals surface area contributed by atoms with Crippen LogP contribution in [0.25, 0.3) is 0 Å². The van der Waals surface area contributed by atoms with E-state index in [0.29, 0.717) is 0 Å². The minimum absolute atomic E-state index is 0.205. The van der Waals surface area contributed by atoms with E-state index in [1.54, 1.807) is 42.8 Å². The summed E-state index contributed by atoms with van der Waals surface area (Å²) in [6.07, 6.45) is -3.46. The normalized spacial score (nSPS) is 12.7. The predicted octanol–water partition coefficient (Wildman–Crippen LogP) is 2.63. The lowest BCUT2D eigenvalue weighted by Gasteiger charge is -2.19. The number of amides is 1. The summed E-state index contributed by atoms with van der Waals surface area (Å²) in [5.74, 6) is -2.76. The third-order valence-corrected chi connectivity index (χ3v) is 3.12. The molecule has 0 spiro atoms. The van der Waals surface area contributed by atoms with Gasteiger partial charge >= 0.3 is 12.1 Å². The first-order chi connectivity index (χ1) is 10.3. The second kappa shape index (κ2) is 6.05. The van der Waals surface area contributed by atoms with Crippen molar-refractivity contribution in [1.29, 1.82) is 0 Å². The smallest absolute Gasteiger partial charge is 0.348 e. The van der Waals surface area contributed by atoms with Crippen LogP contribution in [0.2, 0.25) is 0 Å². The van der Waals surface area contributed by atoms with E-state index in [1.165, 1.54) is 22.8 Å². The van der Waals surface area contributed by atoms with Gasteiger partial charge in [-0.1, -0.05) is 30.3 Å². The average Bonchev–Trinajstić information content (AvgIpc) is 2.90. The Hall–Kier alpha value is -2.57. The maximum absolute atomic E-state index is 12.5. The Bertz CT molecular complexity index is 678. The maximum atomic E-state index is 12.5. The fraction of sp³-hybridized carbons (Fsp3) is 0.200. The van der Waals surface area contributed by atoms with Crippen molar-refractivity contribution in [2.24, 2.45) is 7.05 Å². The van der Waals surface area contributed by atoms with Gasteiger partial charge in [0.2, 0.25) is 5.78 Å². The molecule has 2 aromatic rings. The largest absolute Gasteiger partial charge is 0.471 e. The molecule has 1 aromatic heterocycles. The van der Waals surface area contributed by atoms with Crippen molar-refractivity contribution in [2.45, 2.75) is 12.2 Å². The summed E-state index contributed by atoms with van der Waals surface area (Å²) in [4.78, 5) is 23.7. The number of nitrogens with zero attached hydrogens (tertiary/aromatic N) is 1. The van der Waals surface area contributed by atoms with Gasteiger partial charge in [-0.25, -0.2) is 0 Å². The zero-order valence-corrected chi connectivity index (χ0v) is 11.6. The van der Waals surface area contributed by atoms with Crippen LogP contribution in [0.1, 0.15) is 22.1 Å². The highest BCUT2D eigenvalue weighted by Crippen LogP contribution is 2.22. The molecule has 0 bridgehead atoms. The van der Waals surface area contributed by atoms with Gasteiger partial charge in [0.05, 0.1) is 5.69 Å². The van der Waals surface area contributed by atoms with Crippen molar-refractivity contribution in [3.05, 3.63) is 59.9 Å². The van der Waals surface area contributed by atoms with E-state index < -0.39 is 23.9 Å². The van der Waals surface area contributed by atoms with Crippen LogP contribution in [0.3, 0.4) is 0 Å². The Kier molecular flexibility index (Phi) is 4.35. The molecule has 1 heterocycles. The van der Waals surface area contributed by atoms with E-state index in [9.17, 15) is 22.8 Å². The van der Waals surface area contributed by atoms with E-state index in [2.05, 4.69) is 0 Å². The number of aryl methyl sites for hydroxylation is 1. The molecule has 2 rings (SSSR count). The van der Waals surface area contributed by atoms with Crippen molar-refractivity contribution in [2.75, 3.05) is 0 Å².